The smallest absolute Gasteiger partial charge is 0.249 e. The van der Waals surface area contributed by atoms with Gasteiger partial charge in [0.15, 0.2) is 0 Å². The van der Waals surface area contributed by atoms with E-state index in [2.05, 4.69) is 29.3 Å². The lowest BCUT2D eigenvalue weighted by atomic mass is 9.65. The van der Waals surface area contributed by atoms with Crippen LogP contribution in [-0.2, 0) is 17.8 Å². The highest BCUT2D eigenvalue weighted by Crippen LogP contribution is 2.53. The van der Waals surface area contributed by atoms with E-state index in [1.807, 2.05) is 13.0 Å². The summed E-state index contributed by atoms with van der Waals surface area (Å²) in [5.41, 5.74) is 4.32. The summed E-state index contributed by atoms with van der Waals surface area (Å²) in [4.78, 5) is 15.9. The summed E-state index contributed by atoms with van der Waals surface area (Å²) in [5.74, 6) is -2.22. The van der Waals surface area contributed by atoms with E-state index >= 15 is 0 Å². The number of thioether (sulfide) groups is 1. The number of hydrogen-bond donors (Lipinski definition) is 1. The molecule has 0 bridgehead atoms. The maximum atomic E-state index is 13.5. The molecular formula is C25H29F3N2OS. The Morgan fingerprint density at radius 3 is 2.62 bits per heavy atom. The van der Waals surface area contributed by atoms with Gasteiger partial charge in [0.1, 0.15) is 5.82 Å². The number of hydrogen-bond acceptors (Lipinski definition) is 3. The number of nitrogens with zero attached hydrogens (tertiary/aromatic N) is 1. The van der Waals surface area contributed by atoms with Crippen LogP contribution in [0.15, 0.2) is 35.2 Å². The van der Waals surface area contributed by atoms with Crippen LogP contribution in [0.25, 0.3) is 0 Å². The molecule has 4 rings (SSSR count). The van der Waals surface area contributed by atoms with Crippen LogP contribution < -0.4 is 10.2 Å². The minimum absolute atomic E-state index is 0.0967. The normalized spacial score (nSPS) is 18.6. The molecule has 0 spiro atoms. The van der Waals surface area contributed by atoms with E-state index < -0.39 is 11.3 Å². The van der Waals surface area contributed by atoms with Gasteiger partial charge in [-0.3, -0.25) is 4.79 Å². The molecule has 2 aromatic rings. The first-order valence-electron chi connectivity index (χ1n) is 11.0. The zero-order valence-corrected chi connectivity index (χ0v) is 19.6. The molecule has 172 valence electrons. The van der Waals surface area contributed by atoms with Crippen molar-refractivity contribution in [1.29, 1.82) is 0 Å². The fraction of sp³-hybridized carbons (Fsp3) is 0.480. The van der Waals surface area contributed by atoms with Crippen molar-refractivity contribution < 1.29 is 18.0 Å². The Morgan fingerprint density at radius 2 is 1.94 bits per heavy atom. The summed E-state index contributed by atoms with van der Waals surface area (Å²) in [6.45, 7) is 7.28. The number of anilines is 2. The molecule has 1 N–H and O–H groups in total. The molecule has 0 saturated heterocycles. The fourth-order valence-electron chi connectivity index (χ4n) is 4.98. The van der Waals surface area contributed by atoms with Crippen molar-refractivity contribution in [2.75, 3.05) is 22.5 Å². The van der Waals surface area contributed by atoms with Crippen molar-refractivity contribution >= 4 is 29.0 Å². The summed E-state index contributed by atoms with van der Waals surface area (Å²) in [6, 6.07) is 9.12. The number of benzene rings is 2. The van der Waals surface area contributed by atoms with Crippen LogP contribution in [0.1, 0.15) is 49.8 Å². The Balaban J connectivity index is 1.52. The van der Waals surface area contributed by atoms with Gasteiger partial charge in [-0.15, -0.1) is 11.8 Å². The third-order valence-corrected chi connectivity index (χ3v) is 7.27. The minimum atomic E-state index is -2.64. The van der Waals surface area contributed by atoms with Crippen LogP contribution >= 0.6 is 11.8 Å². The summed E-state index contributed by atoms with van der Waals surface area (Å²) in [6.07, 6.45) is 0.411. The number of fused-ring (bicyclic) bond motifs is 1. The molecular weight excluding hydrogens is 433 g/mol. The number of carbonyl (C=O) groups excluding carboxylic acids is 1. The molecule has 1 fully saturated rings. The third-order valence-electron chi connectivity index (χ3n) is 6.35. The molecule has 3 nitrogen and oxygen atoms in total. The SMILES string of the molecule is CCSc1cc(N2CCc3cc(F)ccc3C2)cc(C)c1NC(=O)CC1(C)CC(F)(F)C1. The third kappa shape index (κ3) is 4.92. The highest BCUT2D eigenvalue weighted by atomic mass is 32.2. The van der Waals surface area contributed by atoms with Gasteiger partial charge in [-0.2, -0.15) is 0 Å². The Bertz CT molecular complexity index is 1030. The van der Waals surface area contributed by atoms with E-state index in [1.54, 1.807) is 24.8 Å². The number of rotatable bonds is 6. The van der Waals surface area contributed by atoms with Gasteiger partial charge in [-0.25, -0.2) is 13.2 Å². The molecule has 0 atom stereocenters. The topological polar surface area (TPSA) is 32.3 Å². The summed E-state index contributed by atoms with van der Waals surface area (Å²) in [7, 11) is 0. The van der Waals surface area contributed by atoms with Crippen molar-refractivity contribution in [3.8, 4) is 0 Å². The highest BCUT2D eigenvalue weighted by molar-refractivity contribution is 7.99. The molecule has 0 aromatic heterocycles. The van der Waals surface area contributed by atoms with E-state index in [-0.39, 0.29) is 31.0 Å². The average Bonchev–Trinajstić information content (AvgIpc) is 2.68. The summed E-state index contributed by atoms with van der Waals surface area (Å²) < 4.78 is 40.2. The second kappa shape index (κ2) is 8.65. The Morgan fingerprint density at radius 1 is 1.19 bits per heavy atom. The molecule has 2 aromatic carbocycles. The second-order valence-electron chi connectivity index (χ2n) is 9.40. The Kier molecular flexibility index (Phi) is 6.23. The second-order valence-corrected chi connectivity index (χ2v) is 10.7. The number of halogens is 3. The number of aryl methyl sites for hydroxylation is 1. The number of nitrogens with one attached hydrogen (secondary N) is 1. The van der Waals surface area contributed by atoms with Crippen LogP contribution in [0, 0.1) is 18.2 Å². The van der Waals surface area contributed by atoms with Gasteiger partial charge < -0.3 is 10.2 Å². The largest absolute Gasteiger partial charge is 0.367 e. The molecule has 2 aliphatic rings. The first-order chi connectivity index (χ1) is 15.1. The van der Waals surface area contributed by atoms with Crippen molar-refractivity contribution in [2.24, 2.45) is 5.41 Å². The molecule has 0 radical (unpaired) electrons. The van der Waals surface area contributed by atoms with Gasteiger partial charge in [0.25, 0.3) is 0 Å². The van der Waals surface area contributed by atoms with Gasteiger partial charge >= 0.3 is 0 Å². The van der Waals surface area contributed by atoms with Crippen molar-refractivity contribution in [3.05, 3.63) is 52.8 Å². The number of carbonyl (C=O) groups is 1. The van der Waals surface area contributed by atoms with Crippen molar-refractivity contribution in [3.63, 3.8) is 0 Å². The van der Waals surface area contributed by atoms with Crippen molar-refractivity contribution in [1.82, 2.24) is 0 Å². The van der Waals surface area contributed by atoms with Crippen molar-refractivity contribution in [2.45, 2.75) is 63.8 Å². The molecule has 1 saturated carbocycles. The van der Waals surface area contributed by atoms with Crippen LogP contribution in [0.2, 0.25) is 0 Å². The van der Waals surface area contributed by atoms with E-state index in [1.165, 1.54) is 6.07 Å². The molecule has 1 heterocycles. The maximum absolute atomic E-state index is 13.5. The molecule has 1 amide bonds. The van der Waals surface area contributed by atoms with Gasteiger partial charge in [-0.1, -0.05) is 19.9 Å². The van der Waals surface area contributed by atoms with Gasteiger partial charge in [0.2, 0.25) is 11.8 Å². The van der Waals surface area contributed by atoms with Gasteiger partial charge in [0, 0.05) is 42.9 Å². The molecule has 7 heteroatoms. The number of amides is 1. The Hall–Kier alpha value is -2.15. The van der Waals surface area contributed by atoms with E-state index in [9.17, 15) is 18.0 Å². The Labute approximate surface area is 191 Å². The molecule has 0 unspecified atom stereocenters. The van der Waals surface area contributed by atoms with Gasteiger partial charge in [-0.05, 0) is 65.5 Å². The zero-order chi connectivity index (χ0) is 23.1. The lowest BCUT2D eigenvalue weighted by molar-refractivity contribution is -0.160. The van der Waals surface area contributed by atoms with Gasteiger partial charge in [0.05, 0.1) is 5.69 Å². The lowest BCUT2D eigenvalue weighted by Crippen LogP contribution is -2.45. The highest BCUT2D eigenvalue weighted by Gasteiger charge is 2.54. The predicted molar refractivity (Wildman–Crippen MR) is 124 cm³/mol. The minimum Gasteiger partial charge on any atom is -0.367 e. The molecule has 1 aliphatic heterocycles. The van der Waals surface area contributed by atoms with Crippen LogP contribution in [0.4, 0.5) is 24.5 Å². The van der Waals surface area contributed by atoms with E-state index in [4.69, 9.17) is 0 Å². The maximum Gasteiger partial charge on any atom is 0.249 e. The van der Waals surface area contributed by atoms with Crippen LogP contribution in [0.5, 0.6) is 0 Å². The number of alkyl halides is 2. The molecule has 1 aliphatic carbocycles. The first kappa shape index (κ1) is 23.0. The zero-order valence-electron chi connectivity index (χ0n) is 18.7. The first-order valence-corrected chi connectivity index (χ1v) is 12.0. The summed E-state index contributed by atoms with van der Waals surface area (Å²) >= 11 is 1.65. The average molecular weight is 463 g/mol. The van der Waals surface area contributed by atoms with E-state index in [0.717, 1.165) is 51.7 Å². The molecule has 32 heavy (non-hydrogen) atoms. The van der Waals surface area contributed by atoms with Crippen LogP contribution in [-0.4, -0.2) is 24.1 Å². The fourth-order valence-corrected chi connectivity index (χ4v) is 5.86. The lowest BCUT2D eigenvalue weighted by Gasteiger charge is -2.44. The van der Waals surface area contributed by atoms with E-state index in [0.29, 0.717) is 6.54 Å². The quantitative estimate of drug-likeness (QED) is 0.493. The standard InChI is InChI=1S/C25H29F3N2OS/c1-4-32-21-11-20(30-8-7-17-10-19(26)6-5-18(17)13-30)9-16(2)23(21)29-22(31)12-24(3)14-25(27,28)15-24/h5-6,9-11H,4,7-8,12-15H2,1-3H3,(H,29,31). The monoisotopic (exact) mass is 462 g/mol. The summed E-state index contributed by atoms with van der Waals surface area (Å²) in [5, 5.41) is 3.00. The predicted octanol–water partition coefficient (Wildman–Crippen LogP) is 6.57. The van der Waals surface area contributed by atoms with Crippen LogP contribution in [0.3, 0.4) is 0 Å².